The van der Waals surface area contributed by atoms with Crippen molar-refractivity contribution in [2.75, 3.05) is 19.8 Å². The molecule has 0 bridgehead atoms. The van der Waals surface area contributed by atoms with Gasteiger partial charge in [0.15, 0.2) is 0 Å². The van der Waals surface area contributed by atoms with Gasteiger partial charge in [-0.05, 0) is 20.8 Å². The molecule has 0 radical (unpaired) electrons. The first-order valence-electron chi connectivity index (χ1n) is 5.39. The van der Waals surface area contributed by atoms with E-state index in [-0.39, 0.29) is 19.8 Å². The van der Waals surface area contributed by atoms with Crippen LogP contribution in [-0.4, -0.2) is 58.8 Å². The van der Waals surface area contributed by atoms with Gasteiger partial charge in [-0.15, -0.1) is 0 Å². The van der Waals surface area contributed by atoms with E-state index < -0.39 is 18.3 Å². The van der Waals surface area contributed by atoms with Crippen LogP contribution in [0, 0.1) is 0 Å². The van der Waals surface area contributed by atoms with Crippen molar-refractivity contribution in [2.45, 2.75) is 39.1 Å². The van der Waals surface area contributed by atoms with Crippen molar-refractivity contribution in [3.05, 3.63) is 0 Å². The Morgan fingerprint density at radius 3 is 1.65 bits per heavy atom. The molecule has 0 aliphatic heterocycles. The molecule has 0 aliphatic rings. The summed E-state index contributed by atoms with van der Waals surface area (Å²) in [6.07, 6.45) is -1.99. The van der Waals surface area contributed by atoms with Crippen LogP contribution in [0.5, 0.6) is 0 Å². The summed E-state index contributed by atoms with van der Waals surface area (Å²) in [5.41, 5.74) is 2.27. The van der Waals surface area contributed by atoms with Crippen molar-refractivity contribution < 1.29 is 29.8 Å². The van der Waals surface area contributed by atoms with Gasteiger partial charge in [0.05, 0.1) is 38.1 Å². The topological polar surface area (TPSA) is 104 Å². The van der Waals surface area contributed by atoms with E-state index in [1.165, 1.54) is 0 Å². The van der Waals surface area contributed by atoms with Gasteiger partial charge in [-0.1, -0.05) is 5.59 Å². The van der Waals surface area contributed by atoms with Crippen LogP contribution in [0.25, 0.3) is 0 Å². The van der Waals surface area contributed by atoms with Crippen LogP contribution in [0.4, 0.5) is 0 Å². The summed E-state index contributed by atoms with van der Waals surface area (Å²) < 4.78 is 0. The molecular weight excluding hydrogens is 232 g/mol. The monoisotopic (exact) mass is 254 g/mol. The Bertz CT molecular complexity index is 167. The van der Waals surface area contributed by atoms with Crippen LogP contribution in [-0.2, 0) is 14.5 Å². The summed E-state index contributed by atoms with van der Waals surface area (Å²) in [6.45, 7) is 4.66. The Labute approximate surface area is 101 Å². The Hall–Kier alpha value is -0.320. The third kappa shape index (κ3) is 11.9. The first-order valence-corrected chi connectivity index (χ1v) is 5.39. The van der Waals surface area contributed by atoms with Gasteiger partial charge < -0.3 is 15.3 Å². The molecule has 0 rings (SSSR count). The molecule has 0 fully saturated rings. The molecule has 4 N–H and O–H groups in total. The quantitative estimate of drug-likeness (QED) is 0.358. The standard InChI is InChI=1S/C9H22N2O6/c1-7(12)4-15-10-11(16-5-8(2)13)17-6-9(3)14/h7-10,12-14H,4-6H2,1-3H3. The molecule has 0 aromatic heterocycles. The van der Waals surface area contributed by atoms with Gasteiger partial charge in [0.25, 0.3) is 0 Å². The van der Waals surface area contributed by atoms with Crippen molar-refractivity contribution in [3.8, 4) is 0 Å². The maximum atomic E-state index is 9.03. The van der Waals surface area contributed by atoms with Crippen LogP contribution in [0.3, 0.4) is 0 Å². The summed E-state index contributed by atoms with van der Waals surface area (Å²) in [7, 11) is 0. The van der Waals surface area contributed by atoms with E-state index >= 15 is 0 Å². The van der Waals surface area contributed by atoms with Crippen molar-refractivity contribution in [3.63, 3.8) is 0 Å². The van der Waals surface area contributed by atoms with E-state index in [1.54, 1.807) is 20.8 Å². The minimum Gasteiger partial charge on any atom is -0.391 e. The molecule has 0 amide bonds. The second-order valence-electron chi connectivity index (χ2n) is 3.80. The fourth-order valence-electron chi connectivity index (χ4n) is 0.652. The minimum atomic E-state index is -0.675. The van der Waals surface area contributed by atoms with Gasteiger partial charge in [0.2, 0.25) is 0 Å². The summed E-state index contributed by atoms with van der Waals surface area (Å²) in [5.74, 6) is 0. The maximum absolute atomic E-state index is 9.03. The Morgan fingerprint density at radius 1 is 0.882 bits per heavy atom. The fourth-order valence-corrected chi connectivity index (χ4v) is 0.652. The first-order chi connectivity index (χ1) is 7.91. The molecule has 0 spiro atoms. The molecule has 3 unspecified atom stereocenters. The smallest absolute Gasteiger partial charge is 0.0983 e. The molecule has 3 atom stereocenters. The van der Waals surface area contributed by atoms with Gasteiger partial charge in [0, 0.05) is 5.34 Å². The van der Waals surface area contributed by atoms with Crippen LogP contribution >= 0.6 is 0 Å². The Kier molecular flexibility index (Phi) is 9.50. The average Bonchev–Trinajstić information content (AvgIpc) is 2.20. The third-order valence-electron chi connectivity index (χ3n) is 1.33. The highest BCUT2D eigenvalue weighted by Crippen LogP contribution is 1.94. The van der Waals surface area contributed by atoms with Crippen LogP contribution in [0.15, 0.2) is 0 Å². The number of aliphatic hydroxyl groups excluding tert-OH is 3. The van der Waals surface area contributed by atoms with E-state index in [0.29, 0.717) is 0 Å². The molecule has 0 aromatic rings. The van der Waals surface area contributed by atoms with Crippen molar-refractivity contribution >= 4 is 0 Å². The van der Waals surface area contributed by atoms with Gasteiger partial charge >= 0.3 is 0 Å². The number of nitrogens with one attached hydrogen (secondary N) is 1. The molecule has 0 aromatic carbocycles. The number of rotatable bonds is 10. The zero-order valence-corrected chi connectivity index (χ0v) is 10.4. The lowest BCUT2D eigenvalue weighted by Crippen LogP contribution is -2.42. The highest BCUT2D eigenvalue weighted by molar-refractivity contribution is 4.40. The lowest BCUT2D eigenvalue weighted by molar-refractivity contribution is -0.446. The van der Waals surface area contributed by atoms with E-state index in [0.717, 1.165) is 5.34 Å². The first kappa shape index (κ1) is 16.7. The van der Waals surface area contributed by atoms with Gasteiger partial charge in [-0.3, -0.25) is 14.5 Å². The van der Waals surface area contributed by atoms with Crippen LogP contribution < -0.4 is 5.59 Å². The average molecular weight is 254 g/mol. The van der Waals surface area contributed by atoms with Crippen molar-refractivity contribution in [2.24, 2.45) is 0 Å². The molecule has 8 nitrogen and oxygen atoms in total. The number of aliphatic hydroxyl groups is 3. The zero-order valence-electron chi connectivity index (χ0n) is 10.4. The summed E-state index contributed by atoms with van der Waals surface area (Å²) in [6, 6.07) is 0. The molecule has 0 saturated carbocycles. The highest BCUT2D eigenvalue weighted by atomic mass is 17.0. The molecule has 0 heterocycles. The largest absolute Gasteiger partial charge is 0.391 e. The number of nitrogens with zero attached hydrogens (tertiary/aromatic N) is 1. The van der Waals surface area contributed by atoms with Crippen molar-refractivity contribution in [1.82, 2.24) is 10.9 Å². The van der Waals surface area contributed by atoms with E-state index in [2.05, 4.69) is 5.59 Å². The number of hydrogen-bond acceptors (Lipinski definition) is 8. The maximum Gasteiger partial charge on any atom is 0.0983 e. The second kappa shape index (κ2) is 9.68. The predicted octanol–water partition coefficient (Wildman–Crippen LogP) is -1.27. The molecule has 8 heteroatoms. The number of hydrogen-bond donors (Lipinski definition) is 4. The summed E-state index contributed by atoms with van der Waals surface area (Å²) >= 11 is 0. The fraction of sp³-hybridized carbons (Fsp3) is 1.00. The molecular formula is C9H22N2O6. The highest BCUT2D eigenvalue weighted by Gasteiger charge is 2.10. The Morgan fingerprint density at radius 2 is 1.29 bits per heavy atom. The van der Waals surface area contributed by atoms with E-state index in [1.807, 2.05) is 0 Å². The SMILES string of the molecule is CC(O)CONN(OCC(C)O)OCC(C)O. The Balaban J connectivity index is 3.84. The van der Waals surface area contributed by atoms with E-state index in [9.17, 15) is 0 Å². The summed E-state index contributed by atoms with van der Waals surface area (Å²) in [5, 5.41) is 27.8. The molecule has 104 valence electrons. The van der Waals surface area contributed by atoms with E-state index in [4.69, 9.17) is 29.8 Å². The lowest BCUT2D eigenvalue weighted by Gasteiger charge is -2.22. The second-order valence-corrected chi connectivity index (χ2v) is 3.80. The van der Waals surface area contributed by atoms with Crippen LogP contribution in [0.1, 0.15) is 20.8 Å². The van der Waals surface area contributed by atoms with Gasteiger partial charge in [0.1, 0.15) is 0 Å². The van der Waals surface area contributed by atoms with Crippen LogP contribution in [0.2, 0.25) is 0 Å². The zero-order chi connectivity index (χ0) is 13.3. The molecule has 17 heavy (non-hydrogen) atoms. The molecule has 0 saturated heterocycles. The summed E-state index contributed by atoms with van der Waals surface area (Å²) in [4.78, 5) is 14.8. The van der Waals surface area contributed by atoms with Gasteiger partial charge in [-0.2, -0.15) is 0 Å². The normalized spacial score (nSPS) is 17.1. The van der Waals surface area contributed by atoms with Crippen molar-refractivity contribution in [1.29, 1.82) is 0 Å². The van der Waals surface area contributed by atoms with Gasteiger partial charge in [-0.25, -0.2) is 0 Å². The lowest BCUT2D eigenvalue weighted by atomic mass is 10.5. The minimum absolute atomic E-state index is 0.00908. The number of hydrazine groups is 1. The predicted molar refractivity (Wildman–Crippen MR) is 57.9 cm³/mol. The third-order valence-corrected chi connectivity index (χ3v) is 1.33. The molecule has 0 aliphatic carbocycles.